The minimum absolute atomic E-state index is 0.144. The second-order valence-corrected chi connectivity index (χ2v) is 10.1. The molecule has 1 unspecified atom stereocenters. The molecule has 3 nitrogen and oxygen atoms in total. The van der Waals surface area contributed by atoms with Crippen molar-refractivity contribution in [2.75, 3.05) is 6.61 Å². The highest BCUT2D eigenvalue weighted by atomic mass is 16.5. The fraction of sp³-hybridized carbons (Fsp3) is 0.480. The van der Waals surface area contributed by atoms with Crippen molar-refractivity contribution in [3.8, 4) is 5.75 Å². The number of carbonyl (C=O) groups is 1. The van der Waals surface area contributed by atoms with E-state index in [0.717, 1.165) is 5.56 Å². The third-order valence-corrected chi connectivity index (χ3v) is 7.12. The zero-order valence-electron chi connectivity index (χ0n) is 17.7. The fourth-order valence-electron chi connectivity index (χ4n) is 5.06. The molecule has 2 aromatic carbocycles. The first-order chi connectivity index (χ1) is 13.0. The summed E-state index contributed by atoms with van der Waals surface area (Å²) < 4.78 is 5.96. The standard InChI is InChI=1S/C25H30O3/c1-15-11-19-20(24(4,5)10-9-23(19,2)3)13-18(15)25(6)14-28-21-12-16(22(26)27)7-8-17(21)25/h7-8,11-13H,9-10,14H2,1-6H3,(H,26,27)/p-1. The van der Waals surface area contributed by atoms with E-state index in [0.29, 0.717) is 12.4 Å². The van der Waals surface area contributed by atoms with Crippen molar-refractivity contribution in [2.24, 2.45) is 0 Å². The molecule has 4 rings (SSSR count). The Kier molecular flexibility index (Phi) is 3.98. The third kappa shape index (κ3) is 2.67. The Bertz CT molecular complexity index is 984. The summed E-state index contributed by atoms with van der Waals surface area (Å²) >= 11 is 0. The van der Waals surface area contributed by atoms with E-state index < -0.39 is 5.97 Å². The summed E-state index contributed by atoms with van der Waals surface area (Å²) in [6.07, 6.45) is 2.37. The van der Waals surface area contributed by atoms with Gasteiger partial charge < -0.3 is 14.6 Å². The highest BCUT2D eigenvalue weighted by molar-refractivity contribution is 5.86. The molecule has 1 aliphatic carbocycles. The van der Waals surface area contributed by atoms with Gasteiger partial charge in [0, 0.05) is 11.1 Å². The van der Waals surface area contributed by atoms with Gasteiger partial charge in [-0.3, -0.25) is 0 Å². The summed E-state index contributed by atoms with van der Waals surface area (Å²) in [5.74, 6) is -0.519. The van der Waals surface area contributed by atoms with Gasteiger partial charge >= 0.3 is 0 Å². The number of hydrogen-bond donors (Lipinski definition) is 0. The number of rotatable bonds is 2. The van der Waals surface area contributed by atoms with Crippen LogP contribution in [-0.2, 0) is 16.2 Å². The molecule has 0 spiro atoms. The number of aromatic carboxylic acids is 1. The third-order valence-electron chi connectivity index (χ3n) is 7.12. The highest BCUT2D eigenvalue weighted by Crippen LogP contribution is 2.50. The first kappa shape index (κ1) is 19.0. The molecule has 0 amide bonds. The molecule has 0 radical (unpaired) electrons. The SMILES string of the molecule is Cc1cc2c(cc1C1(C)COc3cc(C(=O)[O-])ccc31)C(C)(C)CCC2(C)C. The van der Waals surface area contributed by atoms with Crippen LogP contribution in [0.4, 0.5) is 0 Å². The van der Waals surface area contributed by atoms with Gasteiger partial charge in [0.05, 0.1) is 11.4 Å². The Hall–Kier alpha value is -2.29. The molecule has 148 valence electrons. The maximum Gasteiger partial charge on any atom is 0.124 e. The van der Waals surface area contributed by atoms with Crippen LogP contribution < -0.4 is 9.84 Å². The predicted octanol–water partition coefficient (Wildman–Crippen LogP) is 4.41. The summed E-state index contributed by atoms with van der Waals surface area (Å²) in [7, 11) is 0. The summed E-state index contributed by atoms with van der Waals surface area (Å²) in [4.78, 5) is 11.2. The maximum absolute atomic E-state index is 11.2. The molecule has 0 bridgehead atoms. The number of ether oxygens (including phenoxy) is 1. The van der Waals surface area contributed by atoms with Gasteiger partial charge in [-0.15, -0.1) is 0 Å². The lowest BCUT2D eigenvalue weighted by molar-refractivity contribution is -0.255. The molecule has 0 N–H and O–H groups in total. The van der Waals surface area contributed by atoms with Gasteiger partial charge in [-0.2, -0.15) is 0 Å². The maximum atomic E-state index is 11.2. The zero-order chi connectivity index (χ0) is 20.5. The molecule has 0 saturated heterocycles. The minimum atomic E-state index is -1.17. The molecular weight excluding hydrogens is 348 g/mol. The van der Waals surface area contributed by atoms with Crippen molar-refractivity contribution in [3.05, 3.63) is 63.7 Å². The number of fused-ring (bicyclic) bond motifs is 2. The van der Waals surface area contributed by atoms with Crippen molar-refractivity contribution >= 4 is 5.97 Å². The molecule has 0 aromatic heterocycles. The van der Waals surface area contributed by atoms with Crippen LogP contribution in [0, 0.1) is 6.92 Å². The van der Waals surface area contributed by atoms with E-state index in [1.54, 1.807) is 12.1 Å². The van der Waals surface area contributed by atoms with Gasteiger partial charge in [-0.1, -0.05) is 52.0 Å². The fourth-order valence-corrected chi connectivity index (χ4v) is 5.06. The monoisotopic (exact) mass is 377 g/mol. The largest absolute Gasteiger partial charge is 0.545 e. The Morgan fingerprint density at radius 2 is 1.50 bits per heavy atom. The van der Waals surface area contributed by atoms with E-state index in [1.165, 1.54) is 35.1 Å². The van der Waals surface area contributed by atoms with Crippen LogP contribution in [0.2, 0.25) is 0 Å². The normalized spacial score (nSPS) is 24.2. The van der Waals surface area contributed by atoms with Crippen LogP contribution in [0.25, 0.3) is 0 Å². The van der Waals surface area contributed by atoms with Crippen LogP contribution in [0.3, 0.4) is 0 Å². The van der Waals surface area contributed by atoms with E-state index in [-0.39, 0.29) is 21.8 Å². The average Bonchev–Trinajstić information content (AvgIpc) is 2.96. The topological polar surface area (TPSA) is 49.4 Å². The van der Waals surface area contributed by atoms with Crippen molar-refractivity contribution in [1.29, 1.82) is 0 Å². The quantitative estimate of drug-likeness (QED) is 0.779. The Morgan fingerprint density at radius 1 is 0.893 bits per heavy atom. The molecule has 3 heteroatoms. The number of aryl methyl sites for hydroxylation is 1. The lowest BCUT2D eigenvalue weighted by Gasteiger charge is -2.43. The van der Waals surface area contributed by atoms with E-state index in [4.69, 9.17) is 4.74 Å². The second-order valence-electron chi connectivity index (χ2n) is 10.1. The number of carbonyl (C=O) groups excluding carboxylic acids is 1. The molecule has 1 atom stereocenters. The van der Waals surface area contributed by atoms with Crippen LogP contribution in [0.1, 0.15) is 85.6 Å². The van der Waals surface area contributed by atoms with Gasteiger partial charge in [0.2, 0.25) is 0 Å². The Morgan fingerprint density at radius 3 is 2.11 bits per heavy atom. The van der Waals surface area contributed by atoms with Gasteiger partial charge in [0.15, 0.2) is 0 Å². The summed E-state index contributed by atoms with van der Waals surface area (Å²) in [5.41, 5.74) is 6.68. The lowest BCUT2D eigenvalue weighted by atomic mass is 9.61. The van der Waals surface area contributed by atoms with Crippen LogP contribution in [0.5, 0.6) is 5.75 Å². The van der Waals surface area contributed by atoms with Gasteiger partial charge in [-0.05, 0) is 65.8 Å². The van der Waals surface area contributed by atoms with Crippen LogP contribution in [0.15, 0.2) is 30.3 Å². The highest BCUT2D eigenvalue weighted by Gasteiger charge is 2.42. The number of hydrogen-bond acceptors (Lipinski definition) is 3. The Labute approximate surface area is 167 Å². The first-order valence-corrected chi connectivity index (χ1v) is 10.1. The second kappa shape index (κ2) is 5.85. The molecular formula is C25H29O3-. The summed E-state index contributed by atoms with van der Waals surface area (Å²) in [6.45, 7) is 14.3. The van der Waals surface area contributed by atoms with Crippen LogP contribution >= 0.6 is 0 Å². The van der Waals surface area contributed by atoms with Crippen molar-refractivity contribution in [3.63, 3.8) is 0 Å². The number of benzene rings is 2. The van der Waals surface area contributed by atoms with Gasteiger partial charge in [0.1, 0.15) is 12.4 Å². The molecule has 28 heavy (non-hydrogen) atoms. The van der Waals surface area contributed by atoms with E-state index in [2.05, 4.69) is 53.7 Å². The zero-order valence-corrected chi connectivity index (χ0v) is 17.7. The van der Waals surface area contributed by atoms with Gasteiger partial charge in [0.25, 0.3) is 0 Å². The molecule has 1 heterocycles. The molecule has 2 aliphatic rings. The van der Waals surface area contributed by atoms with Crippen LogP contribution in [-0.4, -0.2) is 12.6 Å². The molecule has 0 saturated carbocycles. The van der Waals surface area contributed by atoms with Crippen molar-refractivity contribution < 1.29 is 14.6 Å². The lowest BCUT2D eigenvalue weighted by Crippen LogP contribution is -2.35. The smallest absolute Gasteiger partial charge is 0.124 e. The number of carboxylic acid groups (broad SMARTS) is 1. The summed E-state index contributed by atoms with van der Waals surface area (Å²) in [6, 6.07) is 9.89. The molecule has 1 aliphatic heterocycles. The number of carboxylic acids is 1. The first-order valence-electron chi connectivity index (χ1n) is 10.1. The minimum Gasteiger partial charge on any atom is -0.545 e. The van der Waals surface area contributed by atoms with Crippen molar-refractivity contribution in [1.82, 2.24) is 0 Å². The average molecular weight is 378 g/mol. The Balaban J connectivity index is 1.89. The van der Waals surface area contributed by atoms with E-state index in [9.17, 15) is 9.90 Å². The van der Waals surface area contributed by atoms with E-state index >= 15 is 0 Å². The molecule has 0 fully saturated rings. The summed E-state index contributed by atoms with van der Waals surface area (Å²) in [5, 5.41) is 11.2. The predicted molar refractivity (Wildman–Crippen MR) is 109 cm³/mol. The van der Waals surface area contributed by atoms with Crippen molar-refractivity contribution in [2.45, 2.75) is 70.6 Å². The molecule has 2 aromatic rings. The van der Waals surface area contributed by atoms with Gasteiger partial charge in [-0.25, -0.2) is 0 Å². The van der Waals surface area contributed by atoms with E-state index in [1.807, 2.05) is 6.07 Å².